The van der Waals surface area contributed by atoms with Crippen molar-refractivity contribution in [2.45, 2.75) is 0 Å². The molecule has 0 fully saturated rings. The zero-order valence-corrected chi connectivity index (χ0v) is 8.59. The van der Waals surface area contributed by atoms with Crippen molar-refractivity contribution in [3.8, 4) is 0 Å². The van der Waals surface area contributed by atoms with Crippen molar-refractivity contribution < 1.29 is 14.6 Å². The van der Waals surface area contributed by atoms with Gasteiger partial charge < -0.3 is 9.84 Å². The van der Waals surface area contributed by atoms with E-state index in [0.29, 0.717) is 0 Å². The first-order valence-electron chi connectivity index (χ1n) is 4.30. The number of hydrogen-bond donors (Lipinski definition) is 1. The molecule has 3 heteroatoms. The Morgan fingerprint density at radius 2 is 2.00 bits per heavy atom. The highest BCUT2D eigenvalue weighted by atomic mass is 16.5. The monoisotopic (exact) mass is 206 g/mol. The van der Waals surface area contributed by atoms with E-state index in [-0.39, 0.29) is 0 Å². The highest BCUT2D eigenvalue weighted by Gasteiger charge is 1.82. The minimum atomic E-state index is -0.394. The number of benzene rings is 1. The maximum Gasteiger partial charge on any atom is 0.329 e. The number of carbonyl (C=O) groups is 1. The highest BCUT2D eigenvalue weighted by molar-refractivity contribution is 5.80. The van der Waals surface area contributed by atoms with Gasteiger partial charge in [-0.1, -0.05) is 36.9 Å². The van der Waals surface area contributed by atoms with Gasteiger partial charge in [0.1, 0.15) is 0 Å². The molecule has 0 aromatic heterocycles. The predicted octanol–water partition coefficient (Wildman–Crippen LogP) is 2.56. The number of carbonyl (C=O) groups excluding carboxylic acids is 1. The molecule has 0 saturated heterocycles. The van der Waals surface area contributed by atoms with E-state index in [1.807, 2.05) is 30.3 Å². The summed E-state index contributed by atoms with van der Waals surface area (Å²) in [5.41, 5.74) is 1.01. The Kier molecular flexibility index (Phi) is 7.40. The molecule has 0 heterocycles. The van der Waals surface area contributed by atoms with Crippen LogP contribution in [0, 0.1) is 0 Å². The van der Waals surface area contributed by atoms with Gasteiger partial charge in [-0.15, -0.1) is 0 Å². The summed E-state index contributed by atoms with van der Waals surface area (Å²) in [5.74, 6) is -0.394. The lowest BCUT2D eigenvalue weighted by molar-refractivity contribution is -0.134. The van der Waals surface area contributed by atoms with E-state index >= 15 is 0 Å². The summed E-state index contributed by atoms with van der Waals surface area (Å²) in [6.07, 6.45) is 3.79. The van der Waals surface area contributed by atoms with Crippen LogP contribution in [0.1, 0.15) is 5.56 Å². The number of aliphatic hydroxyl groups is 1. The van der Waals surface area contributed by atoms with Crippen molar-refractivity contribution in [3.63, 3.8) is 0 Å². The van der Waals surface area contributed by atoms with Crippen LogP contribution >= 0.6 is 0 Å². The molecule has 0 atom stereocenters. The Labute approximate surface area is 89.3 Å². The third kappa shape index (κ3) is 7.07. The largest absolute Gasteiger partial charge is 0.516 e. The van der Waals surface area contributed by atoms with Crippen LogP contribution in [0.2, 0.25) is 0 Å². The Morgan fingerprint density at radius 1 is 1.40 bits per heavy atom. The number of ether oxygens (including phenoxy) is 1. The summed E-state index contributed by atoms with van der Waals surface area (Å²) >= 11 is 0. The molecule has 0 aliphatic rings. The number of aliphatic hydroxyl groups excluding tert-OH is 1. The molecular weight excluding hydrogens is 192 g/mol. The van der Waals surface area contributed by atoms with Crippen molar-refractivity contribution in [2.75, 3.05) is 7.11 Å². The Morgan fingerprint density at radius 3 is 2.33 bits per heavy atom. The second-order valence-corrected chi connectivity index (χ2v) is 2.45. The maximum absolute atomic E-state index is 9.84. The van der Waals surface area contributed by atoms with Gasteiger partial charge in [0.05, 0.1) is 13.4 Å². The molecule has 0 spiro atoms. The van der Waals surface area contributed by atoms with E-state index in [1.54, 1.807) is 6.08 Å². The van der Waals surface area contributed by atoms with E-state index in [9.17, 15) is 4.79 Å². The molecule has 0 unspecified atom stereocenters. The van der Waals surface area contributed by atoms with Crippen molar-refractivity contribution in [3.05, 3.63) is 54.8 Å². The molecule has 0 amide bonds. The van der Waals surface area contributed by atoms with Crippen LogP contribution in [0.15, 0.2) is 49.2 Å². The standard InChI is InChI=1S/C8H8O.C4H6O2/c9-7-6-8-4-2-1-3-5-8;1-3-4(5)6-2/h1-7,9H;3H,1H2,2H3. The van der Waals surface area contributed by atoms with Gasteiger partial charge in [0.25, 0.3) is 0 Å². The second-order valence-electron chi connectivity index (χ2n) is 2.45. The second kappa shape index (κ2) is 8.56. The maximum atomic E-state index is 9.84. The molecule has 1 rings (SSSR count). The molecule has 1 N–H and O–H groups in total. The van der Waals surface area contributed by atoms with Gasteiger partial charge in [-0.25, -0.2) is 4.79 Å². The van der Waals surface area contributed by atoms with Crippen LogP contribution in [-0.4, -0.2) is 18.2 Å². The topological polar surface area (TPSA) is 46.5 Å². The summed E-state index contributed by atoms with van der Waals surface area (Å²) in [6, 6.07) is 9.64. The Hall–Kier alpha value is -2.03. The smallest absolute Gasteiger partial charge is 0.329 e. The summed E-state index contributed by atoms with van der Waals surface area (Å²) < 4.78 is 4.14. The first-order chi connectivity index (χ1) is 7.24. The fourth-order valence-corrected chi connectivity index (χ4v) is 0.734. The van der Waals surface area contributed by atoms with E-state index < -0.39 is 5.97 Å². The zero-order chi connectivity index (χ0) is 11.5. The number of rotatable bonds is 2. The van der Waals surface area contributed by atoms with E-state index in [4.69, 9.17) is 5.11 Å². The molecule has 0 aliphatic carbocycles. The number of hydrogen-bond acceptors (Lipinski definition) is 3. The van der Waals surface area contributed by atoms with Crippen LogP contribution in [0.25, 0.3) is 6.08 Å². The first-order valence-corrected chi connectivity index (χ1v) is 4.30. The van der Waals surface area contributed by atoms with Gasteiger partial charge in [0.15, 0.2) is 0 Å². The molecule has 1 aromatic carbocycles. The Bertz CT molecular complexity index is 315. The average Bonchev–Trinajstić information content (AvgIpc) is 2.31. The van der Waals surface area contributed by atoms with Gasteiger partial charge in [-0.2, -0.15) is 0 Å². The normalized spacial score (nSPS) is 8.87. The van der Waals surface area contributed by atoms with Crippen molar-refractivity contribution in [2.24, 2.45) is 0 Å². The molecule has 0 aliphatic heterocycles. The molecule has 0 radical (unpaired) electrons. The average molecular weight is 206 g/mol. The first kappa shape index (κ1) is 13.0. The molecule has 0 saturated carbocycles. The van der Waals surface area contributed by atoms with Gasteiger partial charge in [-0.05, 0) is 11.6 Å². The molecule has 80 valence electrons. The third-order valence-electron chi connectivity index (χ3n) is 1.43. The minimum absolute atomic E-state index is 0.394. The minimum Gasteiger partial charge on any atom is -0.516 e. The van der Waals surface area contributed by atoms with Gasteiger partial charge in [0, 0.05) is 6.08 Å². The lowest BCUT2D eigenvalue weighted by Crippen LogP contribution is -1.91. The van der Waals surface area contributed by atoms with Crippen molar-refractivity contribution in [1.29, 1.82) is 0 Å². The van der Waals surface area contributed by atoms with E-state index in [0.717, 1.165) is 17.9 Å². The summed E-state index contributed by atoms with van der Waals surface area (Å²) in [5, 5.41) is 8.34. The van der Waals surface area contributed by atoms with Crippen LogP contribution in [0.3, 0.4) is 0 Å². The fourth-order valence-electron chi connectivity index (χ4n) is 0.734. The molecular formula is C12H14O3. The van der Waals surface area contributed by atoms with Crippen molar-refractivity contribution >= 4 is 12.0 Å². The van der Waals surface area contributed by atoms with Gasteiger partial charge in [0.2, 0.25) is 0 Å². The molecule has 15 heavy (non-hydrogen) atoms. The third-order valence-corrected chi connectivity index (χ3v) is 1.43. The van der Waals surface area contributed by atoms with Crippen LogP contribution < -0.4 is 0 Å². The zero-order valence-electron chi connectivity index (χ0n) is 8.59. The van der Waals surface area contributed by atoms with Crippen LogP contribution in [-0.2, 0) is 9.53 Å². The van der Waals surface area contributed by atoms with Gasteiger partial charge in [-0.3, -0.25) is 0 Å². The van der Waals surface area contributed by atoms with Crippen LogP contribution in [0.4, 0.5) is 0 Å². The van der Waals surface area contributed by atoms with E-state index in [2.05, 4.69) is 11.3 Å². The van der Waals surface area contributed by atoms with Crippen molar-refractivity contribution in [1.82, 2.24) is 0 Å². The lowest BCUT2D eigenvalue weighted by atomic mass is 10.2. The predicted molar refractivity (Wildman–Crippen MR) is 60.3 cm³/mol. The molecule has 3 nitrogen and oxygen atoms in total. The molecule has 1 aromatic rings. The Balaban J connectivity index is 0.000000288. The SMILES string of the molecule is C=CC(=O)OC.OC=Cc1ccccc1. The van der Waals surface area contributed by atoms with Crippen LogP contribution in [0.5, 0.6) is 0 Å². The van der Waals surface area contributed by atoms with E-state index in [1.165, 1.54) is 7.11 Å². The quantitative estimate of drug-likeness (QED) is 0.459. The highest BCUT2D eigenvalue weighted by Crippen LogP contribution is 1.98. The number of esters is 1. The fraction of sp³-hybridized carbons (Fsp3) is 0.0833. The molecule has 0 bridgehead atoms. The summed E-state index contributed by atoms with van der Waals surface area (Å²) in [6.45, 7) is 3.16. The van der Waals surface area contributed by atoms with Gasteiger partial charge >= 0.3 is 5.97 Å². The summed E-state index contributed by atoms with van der Waals surface area (Å²) in [4.78, 5) is 9.84. The lowest BCUT2D eigenvalue weighted by Gasteiger charge is -1.86. The summed E-state index contributed by atoms with van der Waals surface area (Å²) in [7, 11) is 1.31. The number of methoxy groups -OCH3 is 1.